The van der Waals surface area contributed by atoms with Gasteiger partial charge >= 0.3 is 0 Å². The Morgan fingerprint density at radius 1 is 1.07 bits per heavy atom. The third-order valence-electron chi connectivity index (χ3n) is 5.30. The maximum absolute atomic E-state index is 13.6. The fourth-order valence-electron chi connectivity index (χ4n) is 3.75. The van der Waals surface area contributed by atoms with Crippen LogP contribution in [0.15, 0.2) is 47.0 Å². The second-order valence-corrected chi connectivity index (χ2v) is 7.77. The molecule has 1 saturated heterocycles. The standard InChI is InChI=1S/C21H22ClFN4O2/c1-28-19-6-5-18(23)12-16(19)13-26-7-9-27(10-8-26)14-20-24-21(25-29-20)15-3-2-4-17(22)11-15/h2-6,11-12H,7-10,13-14H2,1H3/p+2. The summed E-state index contributed by atoms with van der Waals surface area (Å²) in [7, 11) is 1.62. The molecule has 0 unspecified atom stereocenters. The van der Waals surface area contributed by atoms with Crippen molar-refractivity contribution in [3.63, 3.8) is 0 Å². The first kappa shape index (κ1) is 19.8. The normalized spacial score (nSPS) is 19.3. The summed E-state index contributed by atoms with van der Waals surface area (Å²) in [4.78, 5) is 7.34. The van der Waals surface area contributed by atoms with Crippen LogP contribution in [-0.4, -0.2) is 43.4 Å². The fourth-order valence-corrected chi connectivity index (χ4v) is 3.94. The minimum absolute atomic E-state index is 0.226. The van der Waals surface area contributed by atoms with Crippen molar-refractivity contribution in [2.24, 2.45) is 0 Å². The maximum Gasteiger partial charge on any atom is 0.282 e. The molecule has 2 aromatic carbocycles. The molecular formula is C21H24ClFN4O2+2. The van der Waals surface area contributed by atoms with E-state index in [1.807, 2.05) is 24.3 Å². The van der Waals surface area contributed by atoms with E-state index in [0.29, 0.717) is 23.3 Å². The number of hydrogen-bond acceptors (Lipinski definition) is 4. The Morgan fingerprint density at radius 2 is 1.83 bits per heavy atom. The monoisotopic (exact) mass is 418 g/mol. The molecular weight excluding hydrogens is 395 g/mol. The summed E-state index contributed by atoms with van der Waals surface area (Å²) in [6.45, 7) is 5.41. The zero-order valence-electron chi connectivity index (χ0n) is 16.3. The highest BCUT2D eigenvalue weighted by atomic mass is 35.5. The van der Waals surface area contributed by atoms with Crippen LogP contribution < -0.4 is 14.5 Å². The van der Waals surface area contributed by atoms with Crippen molar-refractivity contribution in [3.8, 4) is 17.1 Å². The van der Waals surface area contributed by atoms with Crippen molar-refractivity contribution in [2.45, 2.75) is 13.1 Å². The molecule has 0 aliphatic carbocycles. The van der Waals surface area contributed by atoms with Crippen molar-refractivity contribution in [1.29, 1.82) is 0 Å². The van der Waals surface area contributed by atoms with E-state index >= 15 is 0 Å². The van der Waals surface area contributed by atoms with Gasteiger partial charge in [-0.05, 0) is 30.3 Å². The summed E-state index contributed by atoms with van der Waals surface area (Å²) in [5.41, 5.74) is 1.76. The summed E-state index contributed by atoms with van der Waals surface area (Å²) in [6, 6.07) is 12.1. The fraction of sp³-hybridized carbons (Fsp3) is 0.333. The highest BCUT2D eigenvalue weighted by Gasteiger charge is 2.26. The quantitative estimate of drug-likeness (QED) is 0.627. The molecule has 2 N–H and O–H groups in total. The van der Waals surface area contributed by atoms with Gasteiger partial charge < -0.3 is 19.1 Å². The van der Waals surface area contributed by atoms with Crippen LogP contribution in [0.2, 0.25) is 5.02 Å². The number of halogens is 2. The van der Waals surface area contributed by atoms with Gasteiger partial charge in [-0.2, -0.15) is 4.98 Å². The smallest absolute Gasteiger partial charge is 0.282 e. The number of nitrogens with one attached hydrogen (secondary N) is 2. The molecule has 1 fully saturated rings. The van der Waals surface area contributed by atoms with E-state index in [-0.39, 0.29) is 5.82 Å². The molecule has 0 atom stereocenters. The van der Waals surface area contributed by atoms with Crippen LogP contribution in [0.3, 0.4) is 0 Å². The molecule has 0 saturated carbocycles. The van der Waals surface area contributed by atoms with Gasteiger partial charge in [0.15, 0.2) is 6.54 Å². The zero-order chi connectivity index (χ0) is 20.2. The highest BCUT2D eigenvalue weighted by molar-refractivity contribution is 6.30. The van der Waals surface area contributed by atoms with E-state index in [1.54, 1.807) is 19.2 Å². The lowest BCUT2D eigenvalue weighted by atomic mass is 10.1. The Balaban J connectivity index is 1.32. The molecule has 29 heavy (non-hydrogen) atoms. The van der Waals surface area contributed by atoms with Gasteiger partial charge in [-0.3, -0.25) is 0 Å². The summed E-state index contributed by atoms with van der Waals surface area (Å²) >= 11 is 6.04. The number of hydrogen-bond donors (Lipinski definition) is 2. The predicted octanol–water partition coefficient (Wildman–Crippen LogP) is 1.02. The van der Waals surface area contributed by atoms with Crippen molar-refractivity contribution in [2.75, 3.05) is 33.3 Å². The lowest BCUT2D eigenvalue weighted by molar-refractivity contribution is -1.02. The van der Waals surface area contributed by atoms with E-state index < -0.39 is 0 Å². The van der Waals surface area contributed by atoms with Crippen LogP contribution in [0.5, 0.6) is 5.75 Å². The van der Waals surface area contributed by atoms with Crippen LogP contribution in [0.1, 0.15) is 11.5 Å². The Bertz CT molecular complexity index is 973. The second-order valence-electron chi connectivity index (χ2n) is 7.33. The third kappa shape index (κ3) is 4.93. The first-order valence-corrected chi connectivity index (χ1v) is 10.1. The predicted molar refractivity (Wildman–Crippen MR) is 106 cm³/mol. The van der Waals surface area contributed by atoms with Gasteiger partial charge in [-0.1, -0.05) is 28.9 Å². The molecule has 1 aromatic heterocycles. The molecule has 2 heterocycles. The Labute approximate surface area is 173 Å². The molecule has 3 aromatic rings. The highest BCUT2D eigenvalue weighted by Crippen LogP contribution is 2.20. The number of rotatable bonds is 6. The summed E-state index contributed by atoms with van der Waals surface area (Å²) < 4.78 is 24.4. The molecule has 4 rings (SSSR count). The lowest BCUT2D eigenvalue weighted by Gasteiger charge is -2.29. The Hall–Kier alpha value is -2.48. The Kier molecular flexibility index (Phi) is 6.08. The van der Waals surface area contributed by atoms with E-state index in [9.17, 15) is 4.39 Å². The minimum atomic E-state index is -0.226. The molecule has 0 amide bonds. The number of methoxy groups -OCH3 is 1. The van der Waals surface area contributed by atoms with Crippen molar-refractivity contribution in [3.05, 3.63) is 64.8 Å². The topological polar surface area (TPSA) is 57.0 Å². The van der Waals surface area contributed by atoms with Gasteiger partial charge in [0.1, 0.15) is 44.3 Å². The van der Waals surface area contributed by atoms with Crippen LogP contribution in [0.4, 0.5) is 4.39 Å². The summed E-state index contributed by atoms with van der Waals surface area (Å²) in [5.74, 6) is 1.71. The van der Waals surface area contributed by atoms with Gasteiger partial charge in [0.25, 0.3) is 5.89 Å². The molecule has 1 aliphatic rings. The number of ether oxygens (including phenoxy) is 1. The van der Waals surface area contributed by atoms with Crippen LogP contribution in [0.25, 0.3) is 11.4 Å². The molecule has 6 nitrogen and oxygen atoms in total. The number of benzene rings is 2. The summed E-state index contributed by atoms with van der Waals surface area (Å²) in [5, 5.41) is 4.73. The van der Waals surface area contributed by atoms with Crippen molar-refractivity contribution >= 4 is 11.6 Å². The van der Waals surface area contributed by atoms with Crippen LogP contribution >= 0.6 is 11.6 Å². The summed E-state index contributed by atoms with van der Waals surface area (Å²) in [6.07, 6.45) is 0. The van der Waals surface area contributed by atoms with E-state index in [2.05, 4.69) is 10.1 Å². The van der Waals surface area contributed by atoms with E-state index in [0.717, 1.165) is 49.6 Å². The number of nitrogens with zero attached hydrogens (tertiary/aromatic N) is 2. The third-order valence-corrected chi connectivity index (χ3v) is 5.53. The van der Waals surface area contributed by atoms with Gasteiger partial charge in [-0.15, -0.1) is 0 Å². The van der Waals surface area contributed by atoms with Gasteiger partial charge in [0.2, 0.25) is 5.82 Å². The number of quaternary nitrogens is 2. The number of piperazine rings is 1. The molecule has 0 radical (unpaired) electrons. The average Bonchev–Trinajstić information content (AvgIpc) is 3.18. The number of aromatic nitrogens is 2. The van der Waals surface area contributed by atoms with Gasteiger partial charge in [-0.25, -0.2) is 4.39 Å². The SMILES string of the molecule is COc1ccc(F)cc1C[NH+]1CC[NH+](Cc2nc(-c3cccc(Cl)c3)no2)CC1. The zero-order valence-corrected chi connectivity index (χ0v) is 17.0. The average molecular weight is 419 g/mol. The van der Waals surface area contributed by atoms with E-state index in [1.165, 1.54) is 15.9 Å². The second kappa shape index (κ2) is 8.90. The maximum atomic E-state index is 13.6. The first-order valence-electron chi connectivity index (χ1n) is 9.69. The van der Waals surface area contributed by atoms with Gasteiger partial charge in [0, 0.05) is 10.6 Å². The van der Waals surface area contributed by atoms with E-state index in [4.69, 9.17) is 20.9 Å². The molecule has 152 valence electrons. The molecule has 0 spiro atoms. The molecule has 8 heteroatoms. The first-order chi connectivity index (χ1) is 14.1. The molecule has 0 bridgehead atoms. The van der Waals surface area contributed by atoms with Crippen molar-refractivity contribution in [1.82, 2.24) is 10.1 Å². The largest absolute Gasteiger partial charge is 0.496 e. The van der Waals surface area contributed by atoms with Crippen LogP contribution in [-0.2, 0) is 13.1 Å². The van der Waals surface area contributed by atoms with Crippen LogP contribution in [0, 0.1) is 5.82 Å². The van der Waals surface area contributed by atoms with Crippen molar-refractivity contribution < 1.29 is 23.5 Å². The minimum Gasteiger partial charge on any atom is -0.496 e. The lowest BCUT2D eigenvalue weighted by Crippen LogP contribution is -3.27. The van der Waals surface area contributed by atoms with Gasteiger partial charge in [0.05, 0.1) is 12.7 Å². The molecule has 1 aliphatic heterocycles. The Morgan fingerprint density at radius 3 is 2.55 bits per heavy atom.